The van der Waals surface area contributed by atoms with Crippen LogP contribution in [0.5, 0.6) is 0 Å². The van der Waals surface area contributed by atoms with Crippen molar-refractivity contribution in [2.45, 2.75) is 19.5 Å². The Morgan fingerprint density at radius 1 is 1.04 bits per heavy atom. The van der Waals surface area contributed by atoms with Gasteiger partial charge >= 0.3 is 6.18 Å². The molecule has 2 aromatic rings. The Morgan fingerprint density at radius 3 is 2.23 bits per heavy atom. The van der Waals surface area contributed by atoms with E-state index in [4.69, 9.17) is 0 Å². The summed E-state index contributed by atoms with van der Waals surface area (Å²) >= 11 is 0. The molecule has 0 bridgehead atoms. The minimum Gasteiger partial charge on any atom is -0.332 e. The van der Waals surface area contributed by atoms with E-state index in [-0.39, 0.29) is 18.0 Å². The first-order valence-electron chi connectivity index (χ1n) is 8.03. The number of hydrogen-bond donors (Lipinski definition) is 1. The zero-order valence-electron chi connectivity index (χ0n) is 14.4. The molecule has 138 valence electrons. The van der Waals surface area contributed by atoms with E-state index in [2.05, 4.69) is 5.32 Å². The van der Waals surface area contributed by atoms with Gasteiger partial charge in [-0.25, -0.2) is 0 Å². The molecule has 0 saturated carbocycles. The number of nitrogens with one attached hydrogen (secondary N) is 1. The van der Waals surface area contributed by atoms with E-state index >= 15 is 0 Å². The Kier molecular flexibility index (Phi) is 6.02. The van der Waals surface area contributed by atoms with Crippen LogP contribution in [-0.4, -0.2) is 30.3 Å². The molecule has 7 heteroatoms. The summed E-state index contributed by atoms with van der Waals surface area (Å²) < 4.78 is 37.7. The summed E-state index contributed by atoms with van der Waals surface area (Å²) in [4.78, 5) is 25.6. The standard InChI is InChI=1S/C19H19F3N2O2/c1-3-13-6-4-5-7-16(13)23-17(25)12-24(2)18(26)14-8-10-15(11-9-14)19(20,21)22/h4-11H,3,12H2,1-2H3,(H,23,25). The van der Waals surface area contributed by atoms with Crippen LogP contribution in [0.2, 0.25) is 0 Å². The number of anilines is 1. The number of hydrogen-bond acceptors (Lipinski definition) is 2. The predicted molar refractivity (Wildman–Crippen MR) is 92.9 cm³/mol. The fourth-order valence-electron chi connectivity index (χ4n) is 2.45. The van der Waals surface area contributed by atoms with Crippen molar-refractivity contribution in [1.82, 2.24) is 4.90 Å². The average molecular weight is 364 g/mol. The summed E-state index contributed by atoms with van der Waals surface area (Å²) in [7, 11) is 1.42. The van der Waals surface area contributed by atoms with E-state index in [1.807, 2.05) is 19.1 Å². The number of para-hydroxylation sites is 1. The zero-order chi connectivity index (χ0) is 19.3. The molecule has 0 saturated heterocycles. The fourth-order valence-corrected chi connectivity index (χ4v) is 2.45. The highest BCUT2D eigenvalue weighted by molar-refractivity contribution is 5.99. The Hall–Kier alpha value is -2.83. The summed E-state index contributed by atoms with van der Waals surface area (Å²) in [5.41, 5.74) is 0.904. The molecule has 26 heavy (non-hydrogen) atoms. The molecule has 0 radical (unpaired) electrons. The van der Waals surface area contributed by atoms with Crippen LogP contribution in [0.15, 0.2) is 48.5 Å². The van der Waals surface area contributed by atoms with Crippen molar-refractivity contribution >= 4 is 17.5 Å². The topological polar surface area (TPSA) is 49.4 Å². The summed E-state index contributed by atoms with van der Waals surface area (Å²) in [6.07, 6.45) is -3.71. The van der Waals surface area contributed by atoms with E-state index in [0.717, 1.165) is 41.1 Å². The van der Waals surface area contributed by atoms with Crippen molar-refractivity contribution in [1.29, 1.82) is 0 Å². The molecule has 0 spiro atoms. The number of amides is 2. The van der Waals surface area contributed by atoms with Crippen molar-refractivity contribution < 1.29 is 22.8 Å². The molecule has 2 rings (SSSR count). The number of likely N-dealkylation sites (N-methyl/N-ethyl adjacent to an activating group) is 1. The number of nitrogens with zero attached hydrogens (tertiary/aromatic N) is 1. The van der Waals surface area contributed by atoms with Gasteiger partial charge in [-0.3, -0.25) is 9.59 Å². The second-order valence-corrected chi connectivity index (χ2v) is 5.80. The van der Waals surface area contributed by atoms with Crippen LogP contribution in [0, 0.1) is 0 Å². The molecule has 0 aliphatic carbocycles. The maximum atomic E-state index is 12.6. The van der Waals surface area contributed by atoms with Crippen molar-refractivity contribution in [2.24, 2.45) is 0 Å². The number of carbonyl (C=O) groups is 2. The SMILES string of the molecule is CCc1ccccc1NC(=O)CN(C)C(=O)c1ccc(C(F)(F)F)cc1. The van der Waals surface area contributed by atoms with E-state index in [9.17, 15) is 22.8 Å². The van der Waals surface area contributed by atoms with Gasteiger partial charge in [-0.15, -0.1) is 0 Å². The van der Waals surface area contributed by atoms with Gasteiger partial charge in [-0.1, -0.05) is 25.1 Å². The third kappa shape index (κ3) is 4.84. The molecule has 0 heterocycles. The van der Waals surface area contributed by atoms with Crippen LogP contribution in [0.4, 0.5) is 18.9 Å². The first kappa shape index (κ1) is 19.5. The summed E-state index contributed by atoms with van der Waals surface area (Å²) in [6.45, 7) is 1.75. The lowest BCUT2D eigenvalue weighted by Crippen LogP contribution is -2.35. The zero-order valence-corrected chi connectivity index (χ0v) is 14.4. The summed E-state index contributed by atoms with van der Waals surface area (Å²) in [6, 6.07) is 11.2. The normalized spacial score (nSPS) is 11.1. The van der Waals surface area contributed by atoms with Gasteiger partial charge in [0, 0.05) is 18.3 Å². The van der Waals surface area contributed by atoms with Gasteiger partial charge in [0.1, 0.15) is 0 Å². The van der Waals surface area contributed by atoms with Gasteiger partial charge < -0.3 is 10.2 Å². The average Bonchev–Trinajstić information content (AvgIpc) is 2.60. The minimum absolute atomic E-state index is 0.0854. The molecular weight excluding hydrogens is 345 g/mol. The number of halogens is 3. The monoisotopic (exact) mass is 364 g/mol. The highest BCUT2D eigenvalue weighted by atomic mass is 19.4. The number of rotatable bonds is 5. The van der Waals surface area contributed by atoms with E-state index in [1.165, 1.54) is 7.05 Å². The van der Waals surface area contributed by atoms with Crippen molar-refractivity contribution in [3.63, 3.8) is 0 Å². The minimum atomic E-state index is -4.46. The van der Waals surface area contributed by atoms with Gasteiger partial charge in [-0.2, -0.15) is 13.2 Å². The lowest BCUT2D eigenvalue weighted by Gasteiger charge is -2.18. The molecule has 0 unspecified atom stereocenters. The van der Waals surface area contributed by atoms with Crippen molar-refractivity contribution in [3.8, 4) is 0 Å². The Bertz CT molecular complexity index is 786. The van der Waals surface area contributed by atoms with Gasteiger partial charge in [-0.05, 0) is 42.3 Å². The summed E-state index contributed by atoms with van der Waals surface area (Å²) in [5, 5.41) is 2.75. The second kappa shape index (κ2) is 8.03. The lowest BCUT2D eigenvalue weighted by molar-refractivity contribution is -0.137. The molecule has 2 aromatic carbocycles. The van der Waals surface area contributed by atoms with Crippen LogP contribution in [0.3, 0.4) is 0 Å². The number of aryl methyl sites for hydroxylation is 1. The Morgan fingerprint density at radius 2 is 1.65 bits per heavy atom. The Balaban J connectivity index is 2.01. The number of benzene rings is 2. The molecule has 0 atom stereocenters. The highest BCUT2D eigenvalue weighted by Crippen LogP contribution is 2.29. The molecule has 1 N–H and O–H groups in total. The molecule has 0 aliphatic rings. The number of carbonyl (C=O) groups excluding carboxylic acids is 2. The van der Waals surface area contributed by atoms with Gasteiger partial charge in [0.2, 0.25) is 5.91 Å². The maximum absolute atomic E-state index is 12.6. The van der Waals surface area contributed by atoms with Crippen LogP contribution in [0.25, 0.3) is 0 Å². The van der Waals surface area contributed by atoms with E-state index in [1.54, 1.807) is 12.1 Å². The third-order valence-electron chi connectivity index (χ3n) is 3.86. The first-order valence-corrected chi connectivity index (χ1v) is 8.03. The smallest absolute Gasteiger partial charge is 0.332 e. The summed E-state index contributed by atoms with van der Waals surface area (Å²) in [5.74, 6) is -0.911. The lowest BCUT2D eigenvalue weighted by atomic mass is 10.1. The molecule has 0 aliphatic heterocycles. The van der Waals surface area contributed by atoms with E-state index < -0.39 is 17.6 Å². The van der Waals surface area contributed by atoms with Crippen LogP contribution >= 0.6 is 0 Å². The van der Waals surface area contributed by atoms with E-state index in [0.29, 0.717) is 5.69 Å². The number of alkyl halides is 3. The van der Waals surface area contributed by atoms with Gasteiger partial charge in [0.25, 0.3) is 5.91 Å². The maximum Gasteiger partial charge on any atom is 0.416 e. The highest BCUT2D eigenvalue weighted by Gasteiger charge is 2.30. The molecule has 2 amide bonds. The van der Waals surface area contributed by atoms with Crippen molar-refractivity contribution in [2.75, 3.05) is 18.9 Å². The Labute approximate surface area is 149 Å². The van der Waals surface area contributed by atoms with Crippen LogP contribution in [0.1, 0.15) is 28.4 Å². The second-order valence-electron chi connectivity index (χ2n) is 5.80. The molecule has 0 fully saturated rings. The largest absolute Gasteiger partial charge is 0.416 e. The molecule has 4 nitrogen and oxygen atoms in total. The van der Waals surface area contributed by atoms with Crippen LogP contribution in [-0.2, 0) is 17.4 Å². The predicted octanol–water partition coefficient (Wildman–Crippen LogP) is 3.98. The first-order chi connectivity index (χ1) is 12.2. The van der Waals surface area contributed by atoms with Crippen molar-refractivity contribution in [3.05, 3.63) is 65.2 Å². The van der Waals surface area contributed by atoms with Gasteiger partial charge in [0.05, 0.1) is 12.1 Å². The quantitative estimate of drug-likeness (QED) is 0.873. The fraction of sp³-hybridized carbons (Fsp3) is 0.263. The van der Waals surface area contributed by atoms with Crippen LogP contribution < -0.4 is 5.32 Å². The molecule has 0 aromatic heterocycles. The van der Waals surface area contributed by atoms with Gasteiger partial charge in [0.15, 0.2) is 0 Å². The molecular formula is C19H19F3N2O2. The third-order valence-corrected chi connectivity index (χ3v) is 3.86.